The lowest BCUT2D eigenvalue weighted by atomic mass is 10.1. The molecule has 3 nitrogen and oxygen atoms in total. The van der Waals surface area contributed by atoms with Crippen LogP contribution in [0.5, 0.6) is 0 Å². The lowest BCUT2D eigenvalue weighted by molar-refractivity contribution is -0.131. The van der Waals surface area contributed by atoms with Crippen LogP contribution in [0.15, 0.2) is 24.3 Å². The Kier molecular flexibility index (Phi) is 4.76. The topological polar surface area (TPSA) is 40.5 Å². The molecule has 1 aromatic carbocycles. The fraction of sp³-hybridized carbons (Fsp3) is 0.357. The maximum absolute atomic E-state index is 10.6. The van der Waals surface area contributed by atoms with Gasteiger partial charge < -0.3 is 10.0 Å². The number of carboxylic acid groups (broad SMARTS) is 1. The van der Waals surface area contributed by atoms with E-state index in [9.17, 15) is 4.79 Å². The molecule has 0 aliphatic heterocycles. The van der Waals surface area contributed by atoms with Crippen LogP contribution >= 0.6 is 0 Å². The van der Waals surface area contributed by atoms with E-state index in [2.05, 4.69) is 18.7 Å². The number of hydrogen-bond donors (Lipinski definition) is 1. The van der Waals surface area contributed by atoms with Gasteiger partial charge in [0.15, 0.2) is 0 Å². The van der Waals surface area contributed by atoms with Gasteiger partial charge in [-0.25, -0.2) is 4.79 Å². The SMILES string of the molecule is CCN(CC)c1ccc(C)cc1/C=C/C(=O)O. The Morgan fingerprint density at radius 2 is 2.00 bits per heavy atom. The van der Waals surface area contributed by atoms with Gasteiger partial charge in [-0.05, 0) is 44.5 Å². The molecule has 3 heteroatoms. The third kappa shape index (κ3) is 3.63. The molecule has 17 heavy (non-hydrogen) atoms. The summed E-state index contributed by atoms with van der Waals surface area (Å²) in [5.41, 5.74) is 3.17. The maximum atomic E-state index is 10.6. The van der Waals surface area contributed by atoms with Crippen LogP contribution in [0.1, 0.15) is 25.0 Å². The number of carboxylic acids is 1. The lowest BCUT2D eigenvalue weighted by Gasteiger charge is -2.23. The summed E-state index contributed by atoms with van der Waals surface area (Å²) in [7, 11) is 0. The predicted octanol–water partition coefficient (Wildman–Crippen LogP) is 2.94. The molecule has 0 saturated carbocycles. The van der Waals surface area contributed by atoms with Gasteiger partial charge in [-0.1, -0.05) is 11.6 Å². The van der Waals surface area contributed by atoms with Crippen molar-refractivity contribution >= 4 is 17.7 Å². The molecule has 92 valence electrons. The maximum Gasteiger partial charge on any atom is 0.328 e. The molecule has 1 aromatic rings. The number of hydrogen-bond acceptors (Lipinski definition) is 2. The smallest absolute Gasteiger partial charge is 0.328 e. The summed E-state index contributed by atoms with van der Waals surface area (Å²) in [4.78, 5) is 12.8. The molecule has 0 spiro atoms. The second-order valence-electron chi connectivity index (χ2n) is 3.91. The third-order valence-corrected chi connectivity index (χ3v) is 2.69. The number of carbonyl (C=O) groups is 1. The van der Waals surface area contributed by atoms with Crippen molar-refractivity contribution in [3.8, 4) is 0 Å². The highest BCUT2D eigenvalue weighted by molar-refractivity contribution is 5.87. The molecule has 0 aliphatic rings. The van der Waals surface area contributed by atoms with Crippen molar-refractivity contribution in [3.05, 3.63) is 35.4 Å². The summed E-state index contributed by atoms with van der Waals surface area (Å²) >= 11 is 0. The van der Waals surface area contributed by atoms with Crippen LogP contribution in [0.25, 0.3) is 6.08 Å². The van der Waals surface area contributed by atoms with Gasteiger partial charge in [0.05, 0.1) is 0 Å². The second kappa shape index (κ2) is 6.09. The van der Waals surface area contributed by atoms with Crippen molar-refractivity contribution in [2.24, 2.45) is 0 Å². The zero-order valence-corrected chi connectivity index (χ0v) is 10.6. The van der Waals surface area contributed by atoms with E-state index in [0.717, 1.165) is 29.9 Å². The molecule has 0 radical (unpaired) electrons. The molecule has 0 aliphatic carbocycles. The van der Waals surface area contributed by atoms with Gasteiger partial charge in [0.1, 0.15) is 0 Å². The van der Waals surface area contributed by atoms with Crippen molar-refractivity contribution < 1.29 is 9.90 Å². The van der Waals surface area contributed by atoms with Crippen molar-refractivity contribution in [1.29, 1.82) is 0 Å². The fourth-order valence-corrected chi connectivity index (χ4v) is 1.82. The Morgan fingerprint density at radius 3 is 2.53 bits per heavy atom. The van der Waals surface area contributed by atoms with Gasteiger partial charge in [-0.15, -0.1) is 0 Å². The van der Waals surface area contributed by atoms with E-state index in [4.69, 9.17) is 5.11 Å². The summed E-state index contributed by atoms with van der Waals surface area (Å²) in [6.07, 6.45) is 2.84. The van der Waals surface area contributed by atoms with E-state index in [1.165, 1.54) is 6.08 Å². The second-order valence-corrected chi connectivity index (χ2v) is 3.91. The van der Waals surface area contributed by atoms with E-state index in [1.807, 2.05) is 25.1 Å². The molecule has 0 aromatic heterocycles. The summed E-state index contributed by atoms with van der Waals surface area (Å²) in [6.45, 7) is 8.01. The molecule has 0 unspecified atom stereocenters. The Balaban J connectivity index is 3.15. The van der Waals surface area contributed by atoms with Gasteiger partial charge in [0.2, 0.25) is 0 Å². The zero-order valence-electron chi connectivity index (χ0n) is 10.6. The Bertz CT molecular complexity index is 420. The highest BCUT2D eigenvalue weighted by Gasteiger charge is 2.06. The van der Waals surface area contributed by atoms with Crippen LogP contribution in [-0.4, -0.2) is 24.2 Å². The molecule has 1 N–H and O–H groups in total. The zero-order chi connectivity index (χ0) is 12.8. The molecule has 0 amide bonds. The van der Waals surface area contributed by atoms with Crippen LogP contribution in [0.3, 0.4) is 0 Å². The van der Waals surface area contributed by atoms with Crippen LogP contribution in [0.4, 0.5) is 5.69 Å². The first-order valence-corrected chi connectivity index (χ1v) is 5.85. The number of aliphatic carboxylic acids is 1. The molecular formula is C14H19NO2. The standard InChI is InChI=1S/C14H19NO2/c1-4-15(5-2)13-8-6-11(3)10-12(13)7-9-14(16)17/h6-10H,4-5H2,1-3H3,(H,16,17)/b9-7+. The number of rotatable bonds is 5. The van der Waals surface area contributed by atoms with E-state index in [-0.39, 0.29) is 0 Å². The van der Waals surface area contributed by atoms with Crippen molar-refractivity contribution in [3.63, 3.8) is 0 Å². The molecular weight excluding hydrogens is 214 g/mol. The van der Waals surface area contributed by atoms with Gasteiger partial charge >= 0.3 is 5.97 Å². The van der Waals surface area contributed by atoms with E-state index >= 15 is 0 Å². The average molecular weight is 233 g/mol. The number of aryl methyl sites for hydroxylation is 1. The van der Waals surface area contributed by atoms with Gasteiger partial charge in [-0.2, -0.15) is 0 Å². The minimum Gasteiger partial charge on any atom is -0.478 e. The highest BCUT2D eigenvalue weighted by Crippen LogP contribution is 2.23. The van der Waals surface area contributed by atoms with Gasteiger partial charge in [0, 0.05) is 24.9 Å². The van der Waals surface area contributed by atoms with E-state index in [0.29, 0.717) is 0 Å². The third-order valence-electron chi connectivity index (χ3n) is 2.69. The minimum atomic E-state index is -0.919. The number of benzene rings is 1. The molecule has 0 atom stereocenters. The van der Waals surface area contributed by atoms with E-state index < -0.39 is 5.97 Å². The minimum absolute atomic E-state index is 0.910. The van der Waals surface area contributed by atoms with Crippen molar-refractivity contribution in [2.45, 2.75) is 20.8 Å². The van der Waals surface area contributed by atoms with Crippen molar-refractivity contribution in [2.75, 3.05) is 18.0 Å². The Hall–Kier alpha value is -1.77. The van der Waals surface area contributed by atoms with E-state index in [1.54, 1.807) is 6.08 Å². The van der Waals surface area contributed by atoms with Crippen molar-refractivity contribution in [1.82, 2.24) is 0 Å². The largest absolute Gasteiger partial charge is 0.478 e. The summed E-state index contributed by atoms with van der Waals surface area (Å²) in [5.74, 6) is -0.919. The predicted molar refractivity (Wildman–Crippen MR) is 71.4 cm³/mol. The first kappa shape index (κ1) is 13.3. The highest BCUT2D eigenvalue weighted by atomic mass is 16.4. The first-order chi connectivity index (χ1) is 8.08. The van der Waals surface area contributed by atoms with Crippen LogP contribution in [0, 0.1) is 6.92 Å². The summed E-state index contributed by atoms with van der Waals surface area (Å²) in [5, 5.41) is 8.69. The summed E-state index contributed by atoms with van der Waals surface area (Å²) in [6, 6.07) is 6.10. The Labute approximate surface area is 102 Å². The molecule has 0 heterocycles. The quantitative estimate of drug-likeness (QED) is 0.795. The molecule has 0 saturated heterocycles. The monoisotopic (exact) mass is 233 g/mol. The van der Waals surface area contributed by atoms with Crippen LogP contribution in [-0.2, 0) is 4.79 Å². The lowest BCUT2D eigenvalue weighted by Crippen LogP contribution is -2.22. The number of anilines is 1. The van der Waals surface area contributed by atoms with Crippen LogP contribution in [0.2, 0.25) is 0 Å². The molecule has 0 fully saturated rings. The first-order valence-electron chi connectivity index (χ1n) is 5.85. The average Bonchev–Trinajstić information content (AvgIpc) is 2.30. The normalized spacial score (nSPS) is 10.8. The summed E-state index contributed by atoms with van der Waals surface area (Å²) < 4.78 is 0. The van der Waals surface area contributed by atoms with Gasteiger partial charge in [-0.3, -0.25) is 0 Å². The molecule has 0 bridgehead atoms. The van der Waals surface area contributed by atoms with Crippen LogP contribution < -0.4 is 4.90 Å². The molecule has 1 rings (SSSR count). The fourth-order valence-electron chi connectivity index (χ4n) is 1.82. The van der Waals surface area contributed by atoms with Gasteiger partial charge in [0.25, 0.3) is 0 Å². The Morgan fingerprint density at radius 1 is 1.35 bits per heavy atom. The number of nitrogens with zero attached hydrogens (tertiary/aromatic N) is 1.